The first-order chi connectivity index (χ1) is 13.1. The molecule has 140 valence electrons. The molecule has 2 heterocycles. The van der Waals surface area contributed by atoms with E-state index in [0.29, 0.717) is 18.6 Å². The van der Waals surface area contributed by atoms with Crippen LogP contribution < -0.4 is 5.32 Å². The third kappa shape index (κ3) is 3.30. The molecule has 1 N–H and O–H groups in total. The minimum atomic E-state index is -0.829. The summed E-state index contributed by atoms with van der Waals surface area (Å²) >= 11 is 0. The van der Waals surface area contributed by atoms with Crippen LogP contribution in [0.15, 0.2) is 40.9 Å². The largest absolute Gasteiger partial charge is 0.454 e. The Balaban J connectivity index is 1.33. The summed E-state index contributed by atoms with van der Waals surface area (Å²) in [6, 6.07) is 8.88. The molecule has 0 bridgehead atoms. The lowest BCUT2D eigenvalue weighted by Crippen LogP contribution is -2.44. The summed E-state index contributed by atoms with van der Waals surface area (Å²) in [6.07, 6.45) is 4.56. The maximum Gasteiger partial charge on any atom is 0.326 e. The van der Waals surface area contributed by atoms with Gasteiger partial charge in [0.1, 0.15) is 12.1 Å². The maximum absolute atomic E-state index is 12.5. The zero-order valence-electron chi connectivity index (χ0n) is 14.6. The number of carbonyl (C=O) groups is 3. The number of amides is 3. The zero-order chi connectivity index (χ0) is 18.9. The summed E-state index contributed by atoms with van der Waals surface area (Å²) in [5, 5.41) is 2.73. The molecule has 2 aromatic rings. The van der Waals surface area contributed by atoms with Gasteiger partial charge in [0.05, 0.1) is 6.20 Å². The molecule has 1 saturated carbocycles. The van der Waals surface area contributed by atoms with E-state index in [4.69, 9.17) is 9.15 Å². The van der Waals surface area contributed by atoms with Gasteiger partial charge in [0.25, 0.3) is 5.91 Å². The van der Waals surface area contributed by atoms with Gasteiger partial charge in [0, 0.05) is 5.56 Å². The Kier molecular flexibility index (Phi) is 4.39. The topological polar surface area (TPSA) is 102 Å². The van der Waals surface area contributed by atoms with E-state index in [1.54, 1.807) is 6.20 Å². The van der Waals surface area contributed by atoms with Crippen LogP contribution >= 0.6 is 0 Å². The highest BCUT2D eigenvalue weighted by Crippen LogP contribution is 2.34. The lowest BCUT2D eigenvalue weighted by Gasteiger charge is -2.19. The van der Waals surface area contributed by atoms with Crippen LogP contribution in [0.1, 0.15) is 31.6 Å². The molecule has 2 fully saturated rings. The first kappa shape index (κ1) is 17.3. The number of aromatic nitrogens is 1. The first-order valence-corrected chi connectivity index (χ1v) is 8.87. The fourth-order valence-corrected chi connectivity index (χ4v) is 3.57. The Bertz CT molecular complexity index is 870. The maximum atomic E-state index is 12.5. The molecule has 1 aliphatic heterocycles. The Morgan fingerprint density at radius 1 is 1.22 bits per heavy atom. The fraction of sp³-hybridized carbons (Fsp3) is 0.368. The number of carbonyl (C=O) groups excluding carboxylic acids is 3. The predicted molar refractivity (Wildman–Crippen MR) is 93.2 cm³/mol. The normalized spacial score (nSPS) is 18.1. The molecule has 27 heavy (non-hydrogen) atoms. The van der Waals surface area contributed by atoms with Crippen molar-refractivity contribution in [3.8, 4) is 11.3 Å². The van der Waals surface area contributed by atoms with Crippen LogP contribution in [0.5, 0.6) is 0 Å². The fourth-order valence-electron chi connectivity index (χ4n) is 3.57. The van der Waals surface area contributed by atoms with Crippen molar-refractivity contribution >= 4 is 17.9 Å². The number of hydrogen-bond donors (Lipinski definition) is 1. The second kappa shape index (κ2) is 6.86. The molecule has 1 aliphatic carbocycles. The summed E-state index contributed by atoms with van der Waals surface area (Å²) in [4.78, 5) is 41.7. The van der Waals surface area contributed by atoms with E-state index in [1.807, 2.05) is 30.3 Å². The number of oxazole rings is 1. The van der Waals surface area contributed by atoms with Gasteiger partial charge in [-0.25, -0.2) is 9.78 Å². The van der Waals surface area contributed by atoms with Crippen LogP contribution in [0.3, 0.4) is 0 Å². The van der Waals surface area contributed by atoms with Crippen LogP contribution in [0.25, 0.3) is 11.3 Å². The summed E-state index contributed by atoms with van der Waals surface area (Å²) < 4.78 is 10.7. The molecular formula is C19H19N3O5. The van der Waals surface area contributed by atoms with Gasteiger partial charge in [-0.15, -0.1) is 0 Å². The smallest absolute Gasteiger partial charge is 0.326 e. The van der Waals surface area contributed by atoms with E-state index in [1.165, 1.54) is 0 Å². The van der Waals surface area contributed by atoms with Crippen molar-refractivity contribution in [3.63, 3.8) is 0 Å². The minimum Gasteiger partial charge on any atom is -0.454 e. The third-order valence-electron chi connectivity index (χ3n) is 4.96. The molecule has 2 aliphatic rings. The zero-order valence-corrected chi connectivity index (χ0v) is 14.6. The van der Waals surface area contributed by atoms with Gasteiger partial charge in [-0.1, -0.05) is 43.2 Å². The molecule has 1 saturated heterocycles. The van der Waals surface area contributed by atoms with Crippen molar-refractivity contribution in [2.75, 3.05) is 6.54 Å². The van der Waals surface area contributed by atoms with Crippen molar-refractivity contribution in [2.45, 2.75) is 37.8 Å². The van der Waals surface area contributed by atoms with Gasteiger partial charge in [0.2, 0.25) is 5.89 Å². The molecule has 0 radical (unpaired) electrons. The average Bonchev–Trinajstić information content (AvgIpc) is 3.39. The highest BCUT2D eigenvalue weighted by molar-refractivity contribution is 6.08. The number of imide groups is 1. The summed E-state index contributed by atoms with van der Waals surface area (Å²) in [6.45, 7) is -0.584. The predicted octanol–water partition coefficient (Wildman–Crippen LogP) is 2.25. The lowest BCUT2D eigenvalue weighted by molar-refractivity contribution is -0.149. The molecule has 0 atom stereocenters. The monoisotopic (exact) mass is 369 g/mol. The van der Waals surface area contributed by atoms with Crippen molar-refractivity contribution in [1.82, 2.24) is 15.2 Å². The van der Waals surface area contributed by atoms with Gasteiger partial charge >= 0.3 is 12.0 Å². The number of urea groups is 1. The van der Waals surface area contributed by atoms with E-state index in [0.717, 1.165) is 23.3 Å². The quantitative estimate of drug-likeness (QED) is 0.641. The Hall–Kier alpha value is -3.16. The van der Waals surface area contributed by atoms with Crippen molar-refractivity contribution in [3.05, 3.63) is 42.4 Å². The molecule has 3 amide bonds. The van der Waals surface area contributed by atoms with E-state index in [-0.39, 0.29) is 18.4 Å². The molecule has 0 unspecified atom stereocenters. The Labute approximate surface area is 155 Å². The number of rotatable bonds is 5. The second-order valence-corrected chi connectivity index (χ2v) is 6.76. The molecule has 1 aromatic heterocycles. The van der Waals surface area contributed by atoms with Gasteiger partial charge in [-0.3, -0.25) is 14.5 Å². The number of benzene rings is 1. The highest BCUT2D eigenvalue weighted by Gasteiger charge is 2.52. The van der Waals surface area contributed by atoms with Gasteiger partial charge in [-0.05, 0) is 12.8 Å². The first-order valence-electron chi connectivity index (χ1n) is 8.87. The van der Waals surface area contributed by atoms with Crippen molar-refractivity contribution < 1.29 is 23.5 Å². The number of nitrogens with zero attached hydrogens (tertiary/aromatic N) is 2. The SMILES string of the molecule is O=C(CN1C(=O)NC2(CCCC2)C1=O)OCc1ncc(-c2ccccc2)o1. The molecular weight excluding hydrogens is 350 g/mol. The molecule has 1 spiro atoms. The summed E-state index contributed by atoms with van der Waals surface area (Å²) in [5.41, 5.74) is 0.0358. The van der Waals surface area contributed by atoms with Crippen LogP contribution in [-0.4, -0.2) is 39.9 Å². The average molecular weight is 369 g/mol. The Morgan fingerprint density at radius 2 is 1.96 bits per heavy atom. The number of nitrogens with one attached hydrogen (secondary N) is 1. The van der Waals surface area contributed by atoms with E-state index in [9.17, 15) is 14.4 Å². The standard InChI is InChI=1S/C19H19N3O5/c23-16(11-22-17(24)19(21-18(22)25)8-4-5-9-19)26-12-15-20-10-14(27-15)13-6-2-1-3-7-13/h1-3,6-7,10H,4-5,8-9,11-12H2,(H,21,25). The van der Waals surface area contributed by atoms with E-state index < -0.39 is 24.1 Å². The van der Waals surface area contributed by atoms with Crippen LogP contribution in [-0.2, 0) is 20.9 Å². The van der Waals surface area contributed by atoms with Crippen molar-refractivity contribution in [1.29, 1.82) is 0 Å². The number of hydrogen-bond acceptors (Lipinski definition) is 6. The molecule has 8 nitrogen and oxygen atoms in total. The molecule has 1 aromatic carbocycles. The van der Waals surface area contributed by atoms with Gasteiger partial charge < -0.3 is 14.5 Å². The third-order valence-corrected chi connectivity index (χ3v) is 4.96. The van der Waals surface area contributed by atoms with Crippen LogP contribution in [0, 0.1) is 0 Å². The Morgan fingerprint density at radius 3 is 2.70 bits per heavy atom. The lowest BCUT2D eigenvalue weighted by atomic mass is 9.98. The van der Waals surface area contributed by atoms with E-state index in [2.05, 4.69) is 10.3 Å². The van der Waals surface area contributed by atoms with E-state index >= 15 is 0 Å². The van der Waals surface area contributed by atoms with Gasteiger partial charge in [0.15, 0.2) is 12.4 Å². The highest BCUT2D eigenvalue weighted by atomic mass is 16.5. The number of esters is 1. The number of ether oxygens (including phenoxy) is 1. The second-order valence-electron chi connectivity index (χ2n) is 6.76. The molecule has 8 heteroatoms. The van der Waals surface area contributed by atoms with Crippen molar-refractivity contribution in [2.24, 2.45) is 0 Å². The molecule has 4 rings (SSSR count). The summed E-state index contributed by atoms with van der Waals surface area (Å²) in [5.74, 6) is -0.219. The van der Waals surface area contributed by atoms with Crippen LogP contribution in [0.2, 0.25) is 0 Å². The van der Waals surface area contributed by atoms with Crippen LogP contribution in [0.4, 0.5) is 4.79 Å². The minimum absolute atomic E-state index is 0.166. The van der Waals surface area contributed by atoms with Gasteiger partial charge in [-0.2, -0.15) is 0 Å². The summed E-state index contributed by atoms with van der Waals surface area (Å²) in [7, 11) is 0.